The highest BCUT2D eigenvalue weighted by atomic mass is 32.2. The van der Waals surface area contributed by atoms with Crippen molar-refractivity contribution in [3.05, 3.63) is 251 Å². The molecule has 3 unspecified atom stereocenters. The summed E-state index contributed by atoms with van der Waals surface area (Å²) in [7, 11) is -12.8. The molecule has 120 heavy (non-hydrogen) atoms. The average molecular weight is 1680 g/mol. The van der Waals surface area contributed by atoms with Crippen molar-refractivity contribution < 1.29 is 54.0 Å². The monoisotopic (exact) mass is 1680 g/mol. The van der Waals surface area contributed by atoms with Crippen molar-refractivity contribution in [3.63, 3.8) is 0 Å². The molecular formula is C93H108N12O12S3. The van der Waals surface area contributed by atoms with Gasteiger partial charge in [0, 0.05) is 123 Å². The van der Waals surface area contributed by atoms with Crippen LogP contribution >= 0.6 is 0 Å². The summed E-state index contributed by atoms with van der Waals surface area (Å²) in [4.78, 5) is 108. The highest BCUT2D eigenvalue weighted by Gasteiger charge is 2.46. The number of nitrogens with one attached hydrogen (secondary N) is 3. The maximum Gasteiger partial charge on any atom is 0.268 e. The summed E-state index contributed by atoms with van der Waals surface area (Å²) < 4.78 is 87.1. The quantitative estimate of drug-likeness (QED) is 0.148. The smallest absolute Gasteiger partial charge is 0.268 e. The van der Waals surface area contributed by atoms with Gasteiger partial charge in [-0.25, -0.2) is 54.4 Å². The van der Waals surface area contributed by atoms with Crippen LogP contribution < -0.4 is 43.6 Å². The highest BCUT2D eigenvalue weighted by Crippen LogP contribution is 2.45. The molecule has 0 saturated carbocycles. The number of hydrogen-bond donors (Lipinski definition) is 3. The van der Waals surface area contributed by atoms with Crippen molar-refractivity contribution in [1.29, 1.82) is 0 Å². The third kappa shape index (κ3) is 18.7. The Morgan fingerprint density at radius 3 is 0.800 bits per heavy atom. The van der Waals surface area contributed by atoms with Crippen molar-refractivity contribution in [3.8, 4) is 0 Å². The topological polar surface area (TPSA) is 299 Å². The third-order valence-corrected chi connectivity index (χ3v) is 27.4. The van der Waals surface area contributed by atoms with Crippen LogP contribution in [-0.2, 0) is 46.3 Å². The van der Waals surface area contributed by atoms with Gasteiger partial charge in [-0.05, 0) is 225 Å². The van der Waals surface area contributed by atoms with Crippen molar-refractivity contribution >= 4 is 100 Å². The second-order valence-corrected chi connectivity index (χ2v) is 42.1. The molecule has 3 fully saturated rings. The summed E-state index contributed by atoms with van der Waals surface area (Å²) >= 11 is 0. The van der Waals surface area contributed by atoms with Gasteiger partial charge in [-0.1, -0.05) is 135 Å². The largest absolute Gasteiger partial charge is 0.351 e. The molecule has 6 aliphatic heterocycles. The number of nitrogens with zero attached hydrogens (tertiary/aromatic N) is 9. The zero-order valence-electron chi connectivity index (χ0n) is 70.9. The highest BCUT2D eigenvalue weighted by molar-refractivity contribution is 7.90. The van der Waals surface area contributed by atoms with Crippen LogP contribution in [0.4, 0.5) is 34.5 Å². The lowest BCUT2D eigenvalue weighted by Crippen LogP contribution is -2.41. The lowest BCUT2D eigenvalue weighted by atomic mass is 9.91. The number of aromatic nitrogens is 3. The van der Waals surface area contributed by atoms with Gasteiger partial charge in [0.05, 0.1) is 31.4 Å². The first kappa shape index (κ1) is 86.7. The fourth-order valence-electron chi connectivity index (χ4n) is 17.0. The summed E-state index contributed by atoms with van der Waals surface area (Å²) in [6.45, 7) is 34.5. The van der Waals surface area contributed by atoms with Crippen LogP contribution in [0.15, 0.2) is 215 Å². The first-order valence-corrected chi connectivity index (χ1v) is 45.2. The number of rotatable bonds is 3. The summed E-state index contributed by atoms with van der Waals surface area (Å²) in [6, 6.07) is 56.1. The maximum atomic E-state index is 13.8. The van der Waals surface area contributed by atoms with E-state index in [2.05, 4.69) is 133 Å². The minimum atomic E-state index is -4.27. The van der Waals surface area contributed by atoms with Gasteiger partial charge < -0.3 is 29.4 Å². The predicted octanol–water partition coefficient (Wildman–Crippen LogP) is 15.5. The Hall–Kier alpha value is -11.2. The standard InChI is InChI=1S/3C31H36N4O4S/c3*1-30(2,3)26-15-14-25-27(32-26)35-20-21(19-31(35,4)5)16-17-34(23-11-7-6-8-12-23)29(37)22-10-9-13-24(18-22)40(38,39)33-28(25)36/h3*6-15,18,21H,16-17,19-20H2,1-5H3,(H,33,36). The van der Waals surface area contributed by atoms with Gasteiger partial charge in [-0.15, -0.1) is 0 Å². The molecule has 0 spiro atoms. The zero-order chi connectivity index (χ0) is 86.6. The van der Waals surface area contributed by atoms with E-state index in [9.17, 15) is 54.0 Å². The van der Waals surface area contributed by atoms with Crippen LogP contribution in [0.3, 0.4) is 0 Å². The fraction of sp³-hybridized carbons (Fsp3) is 0.387. The van der Waals surface area contributed by atoms with Crippen LogP contribution in [0.1, 0.15) is 222 Å². The normalized spacial score (nSPS) is 20.8. The number of pyridine rings is 3. The van der Waals surface area contributed by atoms with E-state index in [4.69, 9.17) is 15.0 Å². The molecule has 0 radical (unpaired) electrons. The maximum absolute atomic E-state index is 13.8. The number of anilines is 6. The van der Waals surface area contributed by atoms with Crippen molar-refractivity contribution in [2.75, 3.05) is 68.7 Å². The van der Waals surface area contributed by atoms with E-state index < -0.39 is 47.8 Å². The molecule has 6 amide bonds. The first-order chi connectivity index (χ1) is 56.3. The van der Waals surface area contributed by atoms with Crippen LogP contribution in [-0.4, -0.2) is 132 Å². The summed E-state index contributed by atoms with van der Waals surface area (Å²) in [5.41, 5.74) is 4.17. The Morgan fingerprint density at radius 2 is 0.567 bits per heavy atom. The fourth-order valence-corrected chi connectivity index (χ4v) is 20.0. The predicted molar refractivity (Wildman–Crippen MR) is 469 cm³/mol. The van der Waals surface area contributed by atoms with E-state index in [0.29, 0.717) is 56.7 Å². The lowest BCUT2D eigenvalue weighted by Gasteiger charge is -2.34. The number of carbonyl (C=O) groups excluding carboxylic acids is 6. The third-order valence-electron chi connectivity index (χ3n) is 23.4. The molecule has 15 rings (SSSR count). The number of fused-ring (bicyclic) bond motifs is 18. The molecule has 6 aliphatic rings. The molecule has 24 nitrogen and oxygen atoms in total. The number of hydrogen-bond acceptors (Lipinski definition) is 18. The van der Waals surface area contributed by atoms with E-state index in [-0.39, 0.29) is 116 Å². The number of para-hydroxylation sites is 3. The van der Waals surface area contributed by atoms with Gasteiger partial charge in [0.15, 0.2) is 0 Å². The molecule has 3 saturated heterocycles. The van der Waals surface area contributed by atoms with Gasteiger partial charge in [0.2, 0.25) is 0 Å². The van der Waals surface area contributed by atoms with Crippen LogP contribution in [0, 0.1) is 17.8 Å². The molecule has 3 aromatic heterocycles. The van der Waals surface area contributed by atoms with Gasteiger partial charge in [-0.2, -0.15) is 0 Å². The molecule has 9 aromatic rings. The second-order valence-electron chi connectivity index (χ2n) is 37.1. The molecule has 630 valence electrons. The molecule has 3 atom stereocenters. The first-order valence-electron chi connectivity index (χ1n) is 40.8. The van der Waals surface area contributed by atoms with Gasteiger partial charge in [0.25, 0.3) is 65.5 Å². The summed E-state index contributed by atoms with van der Waals surface area (Å²) in [5, 5.41) is 0. The molecule has 12 bridgehead atoms. The molecule has 6 aromatic carbocycles. The number of benzene rings is 6. The minimum absolute atomic E-state index is 0.155. The average Bonchev–Trinajstić information content (AvgIpc) is 1.63. The van der Waals surface area contributed by atoms with Crippen molar-refractivity contribution in [2.45, 2.75) is 190 Å². The molecule has 9 heterocycles. The Labute approximate surface area is 705 Å². The Kier molecular flexibility index (Phi) is 23.9. The van der Waals surface area contributed by atoms with E-state index in [1.807, 2.05) is 91.0 Å². The van der Waals surface area contributed by atoms with E-state index in [1.165, 1.54) is 54.6 Å². The van der Waals surface area contributed by atoms with Crippen molar-refractivity contribution in [2.24, 2.45) is 17.8 Å². The Morgan fingerprint density at radius 1 is 0.325 bits per heavy atom. The molecule has 27 heteroatoms. The molecule has 0 aliphatic carbocycles. The number of carbonyl (C=O) groups is 6. The van der Waals surface area contributed by atoms with E-state index >= 15 is 0 Å². The van der Waals surface area contributed by atoms with Gasteiger partial charge in [-0.3, -0.25) is 28.8 Å². The summed E-state index contributed by atoms with van der Waals surface area (Å²) in [5.74, 6) is -1.01. The summed E-state index contributed by atoms with van der Waals surface area (Å²) in [6.07, 6.45) is 4.71. The Balaban J connectivity index is 0.000000156. The molecular weight excluding hydrogens is 1570 g/mol. The van der Waals surface area contributed by atoms with Crippen LogP contribution in [0.2, 0.25) is 0 Å². The van der Waals surface area contributed by atoms with Gasteiger partial charge >= 0.3 is 0 Å². The van der Waals surface area contributed by atoms with Gasteiger partial charge in [0.1, 0.15) is 17.5 Å². The van der Waals surface area contributed by atoms with E-state index in [1.54, 1.807) is 69.3 Å². The van der Waals surface area contributed by atoms with E-state index in [0.717, 1.165) is 72.7 Å². The number of sulfonamides is 3. The molecule has 3 N–H and O–H groups in total. The van der Waals surface area contributed by atoms with Crippen LogP contribution in [0.25, 0.3) is 0 Å². The second kappa shape index (κ2) is 33.1. The zero-order valence-corrected chi connectivity index (χ0v) is 73.4. The SMILES string of the molecule is CC(C)(C)c1ccc2c(n1)N1CC(CCN(c3ccccc3)C(=O)c3cccc(c3)S(=O)(=O)NC2=O)CC1(C)C.CC(C)(C)c1ccc2c(n1)N1CC(CCN(c3ccccc3)C(=O)c3cccc(c3)S(=O)(=O)NC2=O)CC1(C)C.CC(C)(C)c1ccc2c(n1)N1CC(CCN(c3ccccc3)C(=O)c3cccc(c3)S(=O)(=O)NC2=O)CC1(C)C. The number of amides is 6. The lowest BCUT2D eigenvalue weighted by molar-refractivity contribution is 0.0972. The van der Waals surface area contributed by atoms with Crippen LogP contribution in [0.5, 0.6) is 0 Å². The minimum Gasteiger partial charge on any atom is -0.351 e. The van der Waals surface area contributed by atoms with Crippen molar-refractivity contribution in [1.82, 2.24) is 29.1 Å². The Bertz CT molecular complexity index is 5250.